The maximum absolute atomic E-state index is 11.9. The molecule has 2 rings (SSSR count). The highest BCUT2D eigenvalue weighted by molar-refractivity contribution is 6.12. The Morgan fingerprint density at radius 3 is 1.56 bits per heavy atom. The van der Waals surface area contributed by atoms with E-state index in [0.29, 0.717) is 24.0 Å². The van der Waals surface area contributed by atoms with Crippen LogP contribution in [0.25, 0.3) is 0 Å². The highest BCUT2D eigenvalue weighted by atomic mass is 16.1. The van der Waals surface area contributed by atoms with Gasteiger partial charge in [-0.3, -0.25) is 9.59 Å². The molecular weight excluding hydrogens is 200 g/mol. The van der Waals surface area contributed by atoms with Crippen LogP contribution in [0.4, 0.5) is 0 Å². The molecule has 2 nitrogen and oxygen atoms in total. The van der Waals surface area contributed by atoms with Crippen molar-refractivity contribution in [3.8, 4) is 0 Å². The molecule has 2 aliphatic carbocycles. The Balaban J connectivity index is 2.26. The van der Waals surface area contributed by atoms with Crippen LogP contribution in [0.2, 0.25) is 0 Å². The first-order valence-corrected chi connectivity index (χ1v) is 6.26. The van der Waals surface area contributed by atoms with E-state index in [0.717, 1.165) is 38.5 Å². The predicted molar refractivity (Wildman–Crippen MR) is 63.1 cm³/mol. The Morgan fingerprint density at radius 2 is 1.12 bits per heavy atom. The third-order valence-electron chi connectivity index (χ3n) is 3.30. The Labute approximate surface area is 96.4 Å². The Kier molecular flexibility index (Phi) is 3.70. The quantitative estimate of drug-likeness (QED) is 0.677. The van der Waals surface area contributed by atoms with Crippen molar-refractivity contribution in [1.29, 1.82) is 0 Å². The van der Waals surface area contributed by atoms with E-state index in [9.17, 15) is 9.59 Å². The zero-order valence-corrected chi connectivity index (χ0v) is 9.63. The largest absolute Gasteiger partial charge is 0.294 e. The summed E-state index contributed by atoms with van der Waals surface area (Å²) in [6.45, 7) is 0. The average molecular weight is 218 g/mol. The van der Waals surface area contributed by atoms with E-state index in [1.807, 2.05) is 12.2 Å². The summed E-state index contributed by atoms with van der Waals surface area (Å²) in [5.74, 6) is 0.331. The van der Waals surface area contributed by atoms with Crippen molar-refractivity contribution in [2.24, 2.45) is 0 Å². The van der Waals surface area contributed by atoms with Gasteiger partial charge in [0.1, 0.15) is 0 Å². The molecule has 0 aromatic heterocycles. The lowest BCUT2D eigenvalue weighted by atomic mass is 9.95. The van der Waals surface area contributed by atoms with Crippen LogP contribution in [-0.4, -0.2) is 11.6 Å². The molecule has 0 unspecified atom stereocenters. The molecule has 0 saturated heterocycles. The third-order valence-corrected chi connectivity index (χ3v) is 3.30. The maximum atomic E-state index is 11.9. The summed E-state index contributed by atoms with van der Waals surface area (Å²) in [5.41, 5.74) is 1.42. The number of ketones is 2. The van der Waals surface area contributed by atoms with Gasteiger partial charge in [0, 0.05) is 24.0 Å². The van der Waals surface area contributed by atoms with Crippen LogP contribution >= 0.6 is 0 Å². The number of carbonyl (C=O) groups is 2. The van der Waals surface area contributed by atoms with E-state index in [1.165, 1.54) is 0 Å². The summed E-state index contributed by atoms with van der Waals surface area (Å²) in [6, 6.07) is 0. The summed E-state index contributed by atoms with van der Waals surface area (Å²) >= 11 is 0. The lowest BCUT2D eigenvalue weighted by Gasteiger charge is -2.07. The number of hydrogen-bond donors (Lipinski definition) is 0. The van der Waals surface area contributed by atoms with E-state index in [1.54, 1.807) is 0 Å². The molecule has 0 heterocycles. The van der Waals surface area contributed by atoms with Gasteiger partial charge in [-0.15, -0.1) is 0 Å². The van der Waals surface area contributed by atoms with Gasteiger partial charge in [-0.2, -0.15) is 0 Å². The predicted octanol–water partition coefficient (Wildman–Crippen LogP) is 3.13. The van der Waals surface area contributed by atoms with Crippen molar-refractivity contribution in [1.82, 2.24) is 0 Å². The summed E-state index contributed by atoms with van der Waals surface area (Å²) in [7, 11) is 0. The molecule has 0 aromatic rings. The van der Waals surface area contributed by atoms with E-state index in [4.69, 9.17) is 0 Å². The minimum atomic E-state index is 0.166. The monoisotopic (exact) mass is 218 g/mol. The molecule has 0 saturated carbocycles. The fourth-order valence-corrected chi connectivity index (χ4v) is 2.37. The van der Waals surface area contributed by atoms with Gasteiger partial charge in [0.25, 0.3) is 0 Å². The lowest BCUT2D eigenvalue weighted by molar-refractivity contribution is -0.118. The average Bonchev–Trinajstić information content (AvgIpc) is 2.59. The number of hydrogen-bond acceptors (Lipinski definition) is 2. The normalized spacial score (nSPS) is 23.2. The molecule has 0 aliphatic heterocycles. The molecule has 0 amide bonds. The van der Waals surface area contributed by atoms with Crippen molar-refractivity contribution in [2.45, 2.75) is 51.4 Å². The van der Waals surface area contributed by atoms with Crippen LogP contribution in [0.15, 0.2) is 23.3 Å². The molecular formula is C14H18O2. The molecule has 0 N–H and O–H groups in total. The standard InChI is InChI=1S/C14H18O2/c15-13-9-5-1-3-7-11(13)12-8-4-2-6-10-14(12)16/h7-8H,1-6,9-10H2. The second kappa shape index (κ2) is 5.24. The summed E-state index contributed by atoms with van der Waals surface area (Å²) < 4.78 is 0. The molecule has 16 heavy (non-hydrogen) atoms. The van der Waals surface area contributed by atoms with Crippen LogP contribution < -0.4 is 0 Å². The summed E-state index contributed by atoms with van der Waals surface area (Å²) in [4.78, 5) is 23.8. The van der Waals surface area contributed by atoms with Crippen LogP contribution in [0, 0.1) is 0 Å². The summed E-state index contributed by atoms with van der Waals surface area (Å²) in [5, 5.41) is 0. The topological polar surface area (TPSA) is 34.1 Å². The summed E-state index contributed by atoms with van der Waals surface area (Å²) in [6.07, 6.45) is 11.1. The van der Waals surface area contributed by atoms with E-state index < -0.39 is 0 Å². The van der Waals surface area contributed by atoms with Gasteiger partial charge in [-0.1, -0.05) is 12.2 Å². The van der Waals surface area contributed by atoms with Gasteiger partial charge in [0.15, 0.2) is 11.6 Å². The van der Waals surface area contributed by atoms with E-state index in [-0.39, 0.29) is 11.6 Å². The Hall–Kier alpha value is -1.18. The second-order valence-electron chi connectivity index (χ2n) is 4.57. The number of Topliss-reactive ketones (excluding diaryl/α,β-unsaturated/α-hetero) is 2. The lowest BCUT2D eigenvalue weighted by Crippen LogP contribution is -2.11. The number of carbonyl (C=O) groups excluding carboxylic acids is 2. The van der Waals surface area contributed by atoms with Gasteiger partial charge in [-0.25, -0.2) is 0 Å². The number of rotatable bonds is 1. The first-order valence-electron chi connectivity index (χ1n) is 6.26. The third kappa shape index (κ3) is 2.49. The van der Waals surface area contributed by atoms with Crippen molar-refractivity contribution >= 4 is 11.6 Å². The van der Waals surface area contributed by atoms with Gasteiger partial charge >= 0.3 is 0 Å². The van der Waals surface area contributed by atoms with Crippen LogP contribution in [0.5, 0.6) is 0 Å². The molecule has 0 atom stereocenters. The first kappa shape index (κ1) is 11.3. The molecule has 2 aliphatic rings. The molecule has 86 valence electrons. The molecule has 0 radical (unpaired) electrons. The fourth-order valence-electron chi connectivity index (χ4n) is 2.37. The molecule has 0 fully saturated rings. The van der Waals surface area contributed by atoms with Crippen molar-refractivity contribution in [3.63, 3.8) is 0 Å². The van der Waals surface area contributed by atoms with Crippen molar-refractivity contribution < 1.29 is 9.59 Å². The Morgan fingerprint density at radius 1 is 0.688 bits per heavy atom. The van der Waals surface area contributed by atoms with Crippen LogP contribution in [0.1, 0.15) is 51.4 Å². The van der Waals surface area contributed by atoms with Gasteiger partial charge in [0.05, 0.1) is 0 Å². The molecule has 0 spiro atoms. The molecule has 2 heteroatoms. The van der Waals surface area contributed by atoms with E-state index in [2.05, 4.69) is 0 Å². The smallest absolute Gasteiger partial charge is 0.163 e. The zero-order valence-electron chi connectivity index (χ0n) is 9.63. The van der Waals surface area contributed by atoms with Crippen molar-refractivity contribution in [3.05, 3.63) is 23.3 Å². The van der Waals surface area contributed by atoms with Crippen LogP contribution in [-0.2, 0) is 9.59 Å². The second-order valence-corrected chi connectivity index (χ2v) is 4.57. The van der Waals surface area contributed by atoms with Gasteiger partial charge < -0.3 is 0 Å². The highest BCUT2D eigenvalue weighted by Crippen LogP contribution is 2.25. The van der Waals surface area contributed by atoms with Crippen LogP contribution in [0.3, 0.4) is 0 Å². The molecule has 0 aromatic carbocycles. The maximum Gasteiger partial charge on any atom is 0.163 e. The minimum Gasteiger partial charge on any atom is -0.294 e. The Bertz CT molecular complexity index is 325. The van der Waals surface area contributed by atoms with Gasteiger partial charge in [-0.05, 0) is 38.5 Å². The fraction of sp³-hybridized carbons (Fsp3) is 0.571. The zero-order chi connectivity index (χ0) is 11.4. The SMILES string of the molecule is O=C1CCCCC=C1C1=CCCCCC1=O. The minimum absolute atomic E-state index is 0.166. The van der Waals surface area contributed by atoms with Crippen molar-refractivity contribution in [2.75, 3.05) is 0 Å². The highest BCUT2D eigenvalue weighted by Gasteiger charge is 2.22. The first-order chi connectivity index (χ1) is 7.79. The molecule has 0 bridgehead atoms. The number of allylic oxidation sites excluding steroid dienone is 4. The van der Waals surface area contributed by atoms with Gasteiger partial charge in [0.2, 0.25) is 0 Å². The van der Waals surface area contributed by atoms with E-state index >= 15 is 0 Å².